The van der Waals surface area contributed by atoms with E-state index in [9.17, 15) is 19.0 Å². The minimum atomic E-state index is -0.980. The summed E-state index contributed by atoms with van der Waals surface area (Å²) in [7, 11) is 1.51. The standard InChI is InChI=1S/C25H23F2N3O3S/c1-33-23-8-7-15(19-11-16-9-17(26)18(27)12-20(16)28-19)10-21(23)29-25(34)30-22(13-31)24(32)14-5-3-2-4-6-14/h2-12,22,24,28,31-32H,13H2,1H3,(H2,29,30,34). The lowest BCUT2D eigenvalue weighted by Gasteiger charge is -2.24. The normalized spacial score (nSPS) is 12.9. The molecule has 4 rings (SSSR count). The van der Waals surface area contributed by atoms with E-state index in [4.69, 9.17) is 17.0 Å². The maximum atomic E-state index is 13.6. The van der Waals surface area contributed by atoms with E-state index in [0.717, 1.165) is 17.7 Å². The Labute approximate surface area is 200 Å². The Bertz CT molecular complexity index is 1270. The zero-order chi connectivity index (χ0) is 24.2. The summed E-state index contributed by atoms with van der Waals surface area (Å²) in [6.07, 6.45) is -0.980. The minimum Gasteiger partial charge on any atom is -0.495 e. The number of aromatic amines is 1. The number of hydrogen-bond donors (Lipinski definition) is 5. The van der Waals surface area contributed by atoms with E-state index >= 15 is 0 Å². The fourth-order valence-corrected chi connectivity index (χ4v) is 3.95. The molecule has 3 aromatic carbocycles. The van der Waals surface area contributed by atoms with Gasteiger partial charge < -0.3 is 30.6 Å². The third-order valence-electron chi connectivity index (χ3n) is 5.46. The molecule has 0 aliphatic heterocycles. The van der Waals surface area contributed by atoms with E-state index in [-0.39, 0.29) is 11.7 Å². The van der Waals surface area contributed by atoms with Gasteiger partial charge in [-0.2, -0.15) is 0 Å². The fourth-order valence-electron chi connectivity index (χ4n) is 3.69. The molecule has 2 unspecified atom stereocenters. The van der Waals surface area contributed by atoms with Crippen LogP contribution in [0, 0.1) is 11.6 Å². The molecule has 1 aromatic heterocycles. The molecule has 4 aromatic rings. The number of aromatic nitrogens is 1. The molecule has 9 heteroatoms. The number of methoxy groups -OCH3 is 1. The molecule has 0 fully saturated rings. The zero-order valence-corrected chi connectivity index (χ0v) is 19.0. The van der Waals surface area contributed by atoms with Crippen molar-refractivity contribution in [3.63, 3.8) is 0 Å². The number of hydrogen-bond acceptors (Lipinski definition) is 4. The summed E-state index contributed by atoms with van der Waals surface area (Å²) in [5, 5.41) is 27.1. The van der Waals surface area contributed by atoms with E-state index in [2.05, 4.69) is 15.6 Å². The number of halogens is 2. The average molecular weight is 484 g/mol. The molecule has 2 atom stereocenters. The summed E-state index contributed by atoms with van der Waals surface area (Å²) in [4.78, 5) is 3.08. The molecule has 1 heterocycles. The second-order valence-electron chi connectivity index (χ2n) is 7.69. The van der Waals surface area contributed by atoms with E-state index in [1.807, 2.05) is 6.07 Å². The maximum Gasteiger partial charge on any atom is 0.171 e. The quantitative estimate of drug-likeness (QED) is 0.249. The van der Waals surface area contributed by atoms with Crippen LogP contribution in [0.5, 0.6) is 5.75 Å². The smallest absolute Gasteiger partial charge is 0.171 e. The molecule has 0 bridgehead atoms. The van der Waals surface area contributed by atoms with Gasteiger partial charge in [0.15, 0.2) is 16.7 Å². The first-order valence-electron chi connectivity index (χ1n) is 10.5. The van der Waals surface area contributed by atoms with Gasteiger partial charge in [-0.25, -0.2) is 8.78 Å². The van der Waals surface area contributed by atoms with Crippen LogP contribution in [0.1, 0.15) is 11.7 Å². The van der Waals surface area contributed by atoms with Gasteiger partial charge in [-0.1, -0.05) is 30.3 Å². The number of aliphatic hydroxyl groups excluding tert-OH is 2. The van der Waals surface area contributed by atoms with Crippen molar-refractivity contribution in [1.82, 2.24) is 10.3 Å². The van der Waals surface area contributed by atoms with Gasteiger partial charge in [0, 0.05) is 28.2 Å². The predicted octanol–water partition coefficient (Wildman–Crippen LogP) is 4.50. The monoisotopic (exact) mass is 483 g/mol. The van der Waals surface area contributed by atoms with Crippen molar-refractivity contribution in [2.45, 2.75) is 12.1 Å². The lowest BCUT2D eigenvalue weighted by molar-refractivity contribution is 0.100. The Balaban J connectivity index is 1.55. The van der Waals surface area contributed by atoms with Crippen LogP contribution in [0.15, 0.2) is 66.7 Å². The van der Waals surface area contributed by atoms with Crippen molar-refractivity contribution in [3.05, 3.63) is 83.9 Å². The first kappa shape index (κ1) is 23.6. The Kier molecular flexibility index (Phi) is 7.06. The summed E-state index contributed by atoms with van der Waals surface area (Å²) >= 11 is 5.41. The number of aliphatic hydroxyl groups is 2. The summed E-state index contributed by atoms with van der Waals surface area (Å²) in [5.41, 5.74) is 3.02. The molecule has 0 aliphatic rings. The van der Waals surface area contributed by atoms with Gasteiger partial charge in [0.2, 0.25) is 0 Å². The zero-order valence-electron chi connectivity index (χ0n) is 18.2. The van der Waals surface area contributed by atoms with Gasteiger partial charge in [-0.15, -0.1) is 0 Å². The fraction of sp³-hybridized carbons (Fsp3) is 0.160. The second kappa shape index (κ2) is 10.2. The molecular formula is C25H23F2N3O3S. The summed E-state index contributed by atoms with van der Waals surface area (Å²) < 4.78 is 32.6. The number of fused-ring (bicyclic) bond motifs is 1. The largest absolute Gasteiger partial charge is 0.495 e. The molecule has 0 amide bonds. The topological polar surface area (TPSA) is 89.5 Å². The molecule has 5 N–H and O–H groups in total. The Morgan fingerprint density at radius 1 is 1.06 bits per heavy atom. The molecule has 0 saturated heterocycles. The summed E-state index contributed by atoms with van der Waals surface area (Å²) in [6.45, 7) is -0.350. The van der Waals surface area contributed by atoms with Gasteiger partial charge in [0.25, 0.3) is 0 Å². The van der Waals surface area contributed by atoms with Crippen LogP contribution in [-0.2, 0) is 0 Å². The molecule has 176 valence electrons. The van der Waals surface area contributed by atoms with Gasteiger partial charge >= 0.3 is 0 Å². The Morgan fingerprint density at radius 2 is 1.79 bits per heavy atom. The van der Waals surface area contributed by atoms with Gasteiger partial charge in [0.05, 0.1) is 25.4 Å². The number of H-pyrrole nitrogens is 1. The highest BCUT2D eigenvalue weighted by Gasteiger charge is 2.21. The SMILES string of the molecule is COc1ccc(-c2cc3cc(F)c(F)cc3[nH]2)cc1NC(=S)NC(CO)C(O)c1ccccc1. The van der Waals surface area contributed by atoms with Crippen LogP contribution in [-0.4, -0.2) is 40.1 Å². The highest BCUT2D eigenvalue weighted by Crippen LogP contribution is 2.32. The lowest BCUT2D eigenvalue weighted by Crippen LogP contribution is -2.43. The highest BCUT2D eigenvalue weighted by atomic mass is 32.1. The molecule has 0 radical (unpaired) electrons. The third kappa shape index (κ3) is 5.01. The van der Waals surface area contributed by atoms with Crippen molar-refractivity contribution < 1.29 is 23.7 Å². The average Bonchev–Trinajstić information content (AvgIpc) is 3.25. The molecule has 34 heavy (non-hydrogen) atoms. The Hall–Kier alpha value is -3.53. The van der Waals surface area contributed by atoms with Crippen molar-refractivity contribution in [2.75, 3.05) is 19.0 Å². The van der Waals surface area contributed by atoms with E-state index in [0.29, 0.717) is 33.6 Å². The number of benzene rings is 3. The highest BCUT2D eigenvalue weighted by molar-refractivity contribution is 7.80. The van der Waals surface area contributed by atoms with Gasteiger partial charge in [-0.05, 0) is 48.1 Å². The van der Waals surface area contributed by atoms with Crippen LogP contribution in [0.2, 0.25) is 0 Å². The third-order valence-corrected chi connectivity index (χ3v) is 5.68. The molecule has 0 aliphatic carbocycles. The van der Waals surface area contributed by atoms with Crippen LogP contribution in [0.25, 0.3) is 22.2 Å². The van der Waals surface area contributed by atoms with Crippen molar-refractivity contribution in [1.29, 1.82) is 0 Å². The van der Waals surface area contributed by atoms with Gasteiger partial charge in [-0.3, -0.25) is 0 Å². The number of ether oxygens (including phenoxy) is 1. The molecular weight excluding hydrogens is 460 g/mol. The number of rotatable bonds is 7. The van der Waals surface area contributed by atoms with Crippen LogP contribution in [0.4, 0.5) is 14.5 Å². The van der Waals surface area contributed by atoms with E-state index in [1.165, 1.54) is 7.11 Å². The number of anilines is 1. The minimum absolute atomic E-state index is 0.172. The Morgan fingerprint density at radius 3 is 2.50 bits per heavy atom. The second-order valence-corrected chi connectivity index (χ2v) is 8.10. The van der Waals surface area contributed by atoms with Gasteiger partial charge in [0.1, 0.15) is 11.9 Å². The summed E-state index contributed by atoms with van der Waals surface area (Å²) in [5.74, 6) is -1.33. The van der Waals surface area contributed by atoms with Crippen LogP contribution >= 0.6 is 12.2 Å². The maximum absolute atomic E-state index is 13.6. The van der Waals surface area contributed by atoms with Crippen molar-refractivity contribution in [3.8, 4) is 17.0 Å². The first-order valence-corrected chi connectivity index (χ1v) is 10.9. The molecule has 6 nitrogen and oxygen atoms in total. The number of thiocarbonyl (C=S) groups is 1. The molecule has 0 spiro atoms. The van der Waals surface area contributed by atoms with Crippen LogP contribution in [0.3, 0.4) is 0 Å². The first-order chi connectivity index (χ1) is 16.4. The van der Waals surface area contributed by atoms with E-state index in [1.54, 1.807) is 48.5 Å². The molecule has 0 saturated carbocycles. The van der Waals surface area contributed by atoms with Crippen molar-refractivity contribution >= 4 is 33.9 Å². The van der Waals surface area contributed by atoms with Crippen LogP contribution < -0.4 is 15.4 Å². The lowest BCUT2D eigenvalue weighted by atomic mass is 10.0. The summed E-state index contributed by atoms with van der Waals surface area (Å²) in [6, 6.07) is 17.5. The predicted molar refractivity (Wildman–Crippen MR) is 132 cm³/mol. The van der Waals surface area contributed by atoms with E-state index < -0.39 is 23.8 Å². The van der Waals surface area contributed by atoms with Crippen molar-refractivity contribution in [2.24, 2.45) is 0 Å². The number of nitrogens with one attached hydrogen (secondary N) is 3.